The van der Waals surface area contributed by atoms with E-state index in [-0.39, 0.29) is 5.75 Å². The molecule has 0 aliphatic carbocycles. The SMILES string of the molecule is C=Cc1cc(OC)c(C)c(O)c1C=C. The van der Waals surface area contributed by atoms with Crippen LogP contribution in [-0.4, -0.2) is 12.2 Å². The standard InChI is InChI=1S/C12H14O2/c1-5-9-7-11(14-4)8(3)12(13)10(9)6-2/h5-7,13H,1-2H2,3-4H3. The number of phenols is 1. The van der Waals surface area contributed by atoms with Crippen molar-refractivity contribution in [3.63, 3.8) is 0 Å². The Hall–Kier alpha value is -1.70. The molecule has 1 rings (SSSR count). The summed E-state index contributed by atoms with van der Waals surface area (Å²) in [5.41, 5.74) is 2.23. The molecule has 74 valence electrons. The van der Waals surface area contributed by atoms with Gasteiger partial charge in [-0.3, -0.25) is 0 Å². The van der Waals surface area contributed by atoms with Crippen molar-refractivity contribution in [3.05, 3.63) is 35.9 Å². The molecule has 0 saturated heterocycles. The van der Waals surface area contributed by atoms with Crippen LogP contribution in [0.3, 0.4) is 0 Å². The maximum absolute atomic E-state index is 9.82. The molecule has 0 aliphatic heterocycles. The van der Waals surface area contributed by atoms with Crippen molar-refractivity contribution in [2.75, 3.05) is 7.11 Å². The number of phenolic OH excluding ortho intramolecular Hbond substituents is 1. The third-order valence-corrected chi connectivity index (χ3v) is 2.22. The Morgan fingerprint density at radius 3 is 2.43 bits per heavy atom. The predicted molar refractivity (Wildman–Crippen MR) is 59.6 cm³/mol. The van der Waals surface area contributed by atoms with Crippen molar-refractivity contribution in [2.45, 2.75) is 6.92 Å². The minimum absolute atomic E-state index is 0.203. The van der Waals surface area contributed by atoms with E-state index in [1.165, 1.54) is 0 Å². The highest BCUT2D eigenvalue weighted by atomic mass is 16.5. The average molecular weight is 190 g/mol. The summed E-state index contributed by atoms with van der Waals surface area (Å²) >= 11 is 0. The topological polar surface area (TPSA) is 29.5 Å². The molecule has 0 atom stereocenters. The van der Waals surface area contributed by atoms with Gasteiger partial charge >= 0.3 is 0 Å². The lowest BCUT2D eigenvalue weighted by Crippen LogP contribution is -1.92. The molecule has 0 heterocycles. The largest absolute Gasteiger partial charge is 0.507 e. The Morgan fingerprint density at radius 1 is 1.36 bits per heavy atom. The highest BCUT2D eigenvalue weighted by Gasteiger charge is 2.11. The van der Waals surface area contributed by atoms with Crippen LogP contribution in [0.25, 0.3) is 12.2 Å². The molecule has 0 amide bonds. The van der Waals surface area contributed by atoms with Gasteiger partial charge in [-0.2, -0.15) is 0 Å². The lowest BCUT2D eigenvalue weighted by molar-refractivity contribution is 0.402. The zero-order chi connectivity index (χ0) is 10.7. The molecule has 1 aromatic rings. The maximum Gasteiger partial charge on any atom is 0.129 e. The molecule has 2 heteroatoms. The number of benzene rings is 1. The van der Waals surface area contributed by atoms with Gasteiger partial charge in [0.1, 0.15) is 11.5 Å². The lowest BCUT2D eigenvalue weighted by Gasteiger charge is -2.11. The normalized spacial score (nSPS) is 9.57. The van der Waals surface area contributed by atoms with E-state index >= 15 is 0 Å². The second-order valence-corrected chi connectivity index (χ2v) is 2.96. The summed E-state index contributed by atoms with van der Waals surface area (Å²) in [5, 5.41) is 9.82. The first-order valence-electron chi connectivity index (χ1n) is 4.31. The molecular formula is C12H14O2. The first-order valence-corrected chi connectivity index (χ1v) is 4.31. The van der Waals surface area contributed by atoms with Crippen LogP contribution in [0.2, 0.25) is 0 Å². The molecule has 0 spiro atoms. The molecule has 2 nitrogen and oxygen atoms in total. The summed E-state index contributed by atoms with van der Waals surface area (Å²) < 4.78 is 5.13. The smallest absolute Gasteiger partial charge is 0.129 e. The first kappa shape index (κ1) is 10.4. The van der Waals surface area contributed by atoms with E-state index in [1.54, 1.807) is 26.2 Å². The van der Waals surface area contributed by atoms with E-state index in [2.05, 4.69) is 13.2 Å². The average Bonchev–Trinajstić information content (AvgIpc) is 2.21. The molecule has 1 aromatic carbocycles. The van der Waals surface area contributed by atoms with E-state index in [0.29, 0.717) is 16.9 Å². The number of hydrogen-bond acceptors (Lipinski definition) is 2. The summed E-state index contributed by atoms with van der Waals surface area (Å²) in [6.45, 7) is 9.12. The highest BCUT2D eigenvalue weighted by Crippen LogP contribution is 2.34. The van der Waals surface area contributed by atoms with E-state index in [1.807, 2.05) is 6.07 Å². The summed E-state index contributed by atoms with van der Waals surface area (Å²) in [7, 11) is 1.57. The Morgan fingerprint density at radius 2 is 2.00 bits per heavy atom. The second-order valence-electron chi connectivity index (χ2n) is 2.96. The fourth-order valence-corrected chi connectivity index (χ4v) is 1.38. The molecule has 0 unspecified atom stereocenters. The van der Waals surface area contributed by atoms with Gasteiger partial charge in [-0.15, -0.1) is 0 Å². The quantitative estimate of drug-likeness (QED) is 0.793. The third-order valence-electron chi connectivity index (χ3n) is 2.22. The fraction of sp³-hybridized carbons (Fsp3) is 0.167. The Kier molecular flexibility index (Phi) is 2.97. The van der Waals surface area contributed by atoms with E-state index in [4.69, 9.17) is 4.74 Å². The number of hydrogen-bond donors (Lipinski definition) is 1. The van der Waals surface area contributed by atoms with Gasteiger partial charge < -0.3 is 9.84 Å². The van der Waals surface area contributed by atoms with Gasteiger partial charge in [0.2, 0.25) is 0 Å². The van der Waals surface area contributed by atoms with Crippen molar-refractivity contribution >= 4 is 12.2 Å². The molecular weight excluding hydrogens is 176 g/mol. The minimum Gasteiger partial charge on any atom is -0.507 e. The fourth-order valence-electron chi connectivity index (χ4n) is 1.38. The van der Waals surface area contributed by atoms with Gasteiger partial charge in [0.05, 0.1) is 7.11 Å². The summed E-state index contributed by atoms with van der Waals surface area (Å²) in [4.78, 5) is 0. The van der Waals surface area contributed by atoms with Gasteiger partial charge in [-0.1, -0.05) is 25.3 Å². The number of ether oxygens (including phenoxy) is 1. The molecule has 0 radical (unpaired) electrons. The molecule has 14 heavy (non-hydrogen) atoms. The first-order chi connectivity index (χ1) is 6.65. The summed E-state index contributed by atoms with van der Waals surface area (Å²) in [6.07, 6.45) is 3.28. The number of rotatable bonds is 3. The van der Waals surface area contributed by atoms with Crippen molar-refractivity contribution in [1.82, 2.24) is 0 Å². The lowest BCUT2D eigenvalue weighted by atomic mass is 10.0. The Bertz CT molecular complexity index is 378. The molecule has 0 bridgehead atoms. The van der Waals surface area contributed by atoms with Crippen molar-refractivity contribution < 1.29 is 9.84 Å². The van der Waals surface area contributed by atoms with Crippen LogP contribution in [0.5, 0.6) is 11.5 Å². The van der Waals surface area contributed by atoms with Gasteiger partial charge in [0, 0.05) is 11.1 Å². The molecule has 0 saturated carbocycles. The van der Waals surface area contributed by atoms with Crippen LogP contribution < -0.4 is 4.74 Å². The molecule has 0 aliphatic rings. The van der Waals surface area contributed by atoms with Crippen LogP contribution in [0.15, 0.2) is 19.2 Å². The molecule has 0 aromatic heterocycles. The van der Waals surface area contributed by atoms with Crippen LogP contribution in [0, 0.1) is 6.92 Å². The van der Waals surface area contributed by atoms with Gasteiger partial charge in [0.25, 0.3) is 0 Å². The van der Waals surface area contributed by atoms with E-state index in [9.17, 15) is 5.11 Å². The van der Waals surface area contributed by atoms with Crippen molar-refractivity contribution in [2.24, 2.45) is 0 Å². The number of methoxy groups -OCH3 is 1. The zero-order valence-electron chi connectivity index (χ0n) is 8.50. The Labute approximate surface area is 84.1 Å². The van der Waals surface area contributed by atoms with Crippen molar-refractivity contribution in [1.29, 1.82) is 0 Å². The van der Waals surface area contributed by atoms with Crippen LogP contribution in [0.1, 0.15) is 16.7 Å². The third kappa shape index (κ3) is 1.51. The minimum atomic E-state index is 0.203. The van der Waals surface area contributed by atoms with Crippen LogP contribution in [-0.2, 0) is 0 Å². The van der Waals surface area contributed by atoms with Crippen molar-refractivity contribution in [3.8, 4) is 11.5 Å². The highest BCUT2D eigenvalue weighted by molar-refractivity contribution is 5.72. The van der Waals surface area contributed by atoms with Gasteiger partial charge in [0.15, 0.2) is 0 Å². The zero-order valence-corrected chi connectivity index (χ0v) is 8.50. The number of aromatic hydroxyl groups is 1. The van der Waals surface area contributed by atoms with E-state index < -0.39 is 0 Å². The van der Waals surface area contributed by atoms with Gasteiger partial charge in [-0.25, -0.2) is 0 Å². The maximum atomic E-state index is 9.82. The van der Waals surface area contributed by atoms with Crippen LogP contribution >= 0.6 is 0 Å². The van der Waals surface area contributed by atoms with Gasteiger partial charge in [-0.05, 0) is 18.6 Å². The monoisotopic (exact) mass is 190 g/mol. The second kappa shape index (κ2) is 4.01. The summed E-state index contributed by atoms with van der Waals surface area (Å²) in [5.74, 6) is 0.859. The Balaban J connectivity index is 3.53. The summed E-state index contributed by atoms with van der Waals surface area (Å²) in [6, 6.07) is 1.83. The van der Waals surface area contributed by atoms with Crippen LogP contribution in [0.4, 0.5) is 0 Å². The molecule has 1 N–H and O–H groups in total. The van der Waals surface area contributed by atoms with E-state index in [0.717, 1.165) is 5.56 Å². The molecule has 0 fully saturated rings. The predicted octanol–water partition coefficient (Wildman–Crippen LogP) is 3.00.